The van der Waals surface area contributed by atoms with Crippen LogP contribution in [0.15, 0.2) is 47.4 Å². The van der Waals surface area contributed by atoms with Crippen LogP contribution in [0.5, 0.6) is 5.75 Å². The van der Waals surface area contributed by atoms with E-state index < -0.39 is 17.7 Å². The van der Waals surface area contributed by atoms with E-state index in [0.29, 0.717) is 5.69 Å². The molecule has 186 valence electrons. The number of ether oxygens (including phenoxy) is 2. The number of fused-ring (bicyclic) bond motifs is 1. The Morgan fingerprint density at radius 2 is 2.03 bits per heavy atom. The zero-order valence-electron chi connectivity index (χ0n) is 21.1. The quantitative estimate of drug-likeness (QED) is 0.359. The average Bonchev–Trinajstić information content (AvgIpc) is 3.17. The normalized spacial score (nSPS) is 14.3. The molecule has 35 heavy (non-hydrogen) atoms. The number of nitrogens with zero attached hydrogens (tertiary/aromatic N) is 2. The summed E-state index contributed by atoms with van der Waals surface area (Å²) in [5.74, 6) is 0.893. The third-order valence-electron chi connectivity index (χ3n) is 5.81. The Labute approximate surface area is 211 Å². The number of carboxylic acids is 1. The molecule has 3 aromatic rings. The number of aryl methyl sites for hydroxylation is 2. The van der Waals surface area contributed by atoms with Crippen molar-refractivity contribution in [3.63, 3.8) is 0 Å². The van der Waals surface area contributed by atoms with Gasteiger partial charge in [-0.05, 0) is 81.2 Å². The molecular weight excluding hydrogens is 460 g/mol. The second-order valence-electron chi connectivity index (χ2n) is 9.83. The summed E-state index contributed by atoms with van der Waals surface area (Å²) >= 11 is 1.81. The van der Waals surface area contributed by atoms with Crippen LogP contribution in [0.25, 0.3) is 22.4 Å². The highest BCUT2D eigenvalue weighted by molar-refractivity contribution is 7.99. The molecule has 0 fully saturated rings. The number of rotatable bonds is 8. The van der Waals surface area contributed by atoms with Gasteiger partial charge in [-0.3, -0.25) is 4.68 Å². The molecule has 0 bridgehead atoms. The van der Waals surface area contributed by atoms with Crippen LogP contribution in [0.3, 0.4) is 0 Å². The molecule has 1 atom stereocenters. The smallest absolute Gasteiger partial charge is 0.339 e. The molecule has 0 spiro atoms. The Balaban J connectivity index is 1.93. The summed E-state index contributed by atoms with van der Waals surface area (Å²) in [6, 6.07) is 14.4. The number of carboxylic acid groups (broad SMARTS) is 1. The summed E-state index contributed by atoms with van der Waals surface area (Å²) in [4.78, 5) is 13.6. The molecule has 1 aromatic heterocycles. The van der Waals surface area contributed by atoms with Crippen molar-refractivity contribution in [3.8, 4) is 28.1 Å². The predicted molar refractivity (Wildman–Crippen MR) is 140 cm³/mol. The molecule has 0 aliphatic carbocycles. The zero-order valence-corrected chi connectivity index (χ0v) is 21.9. The molecule has 1 aliphatic heterocycles. The number of carbonyl (C=O) groups is 1. The van der Waals surface area contributed by atoms with Gasteiger partial charge in [0.05, 0.1) is 17.9 Å². The van der Waals surface area contributed by atoms with E-state index in [2.05, 4.69) is 25.1 Å². The van der Waals surface area contributed by atoms with Gasteiger partial charge in [0.15, 0.2) is 6.10 Å². The van der Waals surface area contributed by atoms with Crippen LogP contribution < -0.4 is 4.74 Å². The van der Waals surface area contributed by atoms with E-state index in [4.69, 9.17) is 14.6 Å². The first-order chi connectivity index (χ1) is 16.7. The van der Waals surface area contributed by atoms with Crippen LogP contribution in [-0.4, -0.2) is 38.8 Å². The standard InChI is InChI=1S/C28H34N2O4S/c1-6-15-35-21-11-7-9-20(17-21)24-23(19-12-13-22-18(16-19)10-8-14-33-22)25(30(5)29-24)26(27(31)32)34-28(2,3)4/h7,9,11-13,16-17,26H,6,8,10,14-15H2,1-5H3,(H,31,32). The highest BCUT2D eigenvalue weighted by atomic mass is 32.2. The number of aromatic nitrogens is 2. The van der Waals surface area contributed by atoms with Crippen molar-refractivity contribution in [2.45, 2.75) is 63.6 Å². The molecular formula is C28H34N2O4S. The van der Waals surface area contributed by atoms with E-state index in [9.17, 15) is 9.90 Å². The highest BCUT2D eigenvalue weighted by Crippen LogP contribution is 2.42. The summed E-state index contributed by atoms with van der Waals surface area (Å²) in [6.45, 7) is 8.49. The minimum Gasteiger partial charge on any atom is -0.493 e. The predicted octanol–water partition coefficient (Wildman–Crippen LogP) is 6.52. The number of aliphatic carboxylic acids is 1. The van der Waals surface area contributed by atoms with Gasteiger partial charge in [0.25, 0.3) is 0 Å². The van der Waals surface area contributed by atoms with E-state index in [0.717, 1.165) is 65.3 Å². The summed E-state index contributed by atoms with van der Waals surface area (Å²) in [6.07, 6.45) is 1.82. The van der Waals surface area contributed by atoms with Gasteiger partial charge in [0.1, 0.15) is 11.4 Å². The van der Waals surface area contributed by atoms with Gasteiger partial charge in [-0.15, -0.1) is 11.8 Å². The minimum absolute atomic E-state index is 0.533. The monoisotopic (exact) mass is 494 g/mol. The molecule has 1 unspecified atom stereocenters. The molecule has 2 heterocycles. The van der Waals surface area contributed by atoms with Crippen LogP contribution >= 0.6 is 11.8 Å². The third kappa shape index (κ3) is 5.73. The van der Waals surface area contributed by atoms with Gasteiger partial charge in [-0.1, -0.05) is 25.1 Å². The second-order valence-corrected chi connectivity index (χ2v) is 11.0. The Morgan fingerprint density at radius 3 is 2.74 bits per heavy atom. The molecule has 0 saturated carbocycles. The van der Waals surface area contributed by atoms with Crippen LogP contribution in [-0.2, 0) is 23.0 Å². The summed E-state index contributed by atoms with van der Waals surface area (Å²) in [7, 11) is 1.79. The molecule has 0 radical (unpaired) electrons. The summed E-state index contributed by atoms with van der Waals surface area (Å²) in [5, 5.41) is 15.1. The maximum Gasteiger partial charge on any atom is 0.339 e. The van der Waals surface area contributed by atoms with Gasteiger partial charge < -0.3 is 14.6 Å². The number of hydrogen-bond acceptors (Lipinski definition) is 5. The van der Waals surface area contributed by atoms with Gasteiger partial charge in [-0.25, -0.2) is 4.79 Å². The second kappa shape index (κ2) is 10.5. The molecule has 1 aliphatic rings. The van der Waals surface area contributed by atoms with Gasteiger partial charge in [0.2, 0.25) is 0 Å². The molecule has 2 aromatic carbocycles. The van der Waals surface area contributed by atoms with Crippen molar-refractivity contribution >= 4 is 17.7 Å². The van der Waals surface area contributed by atoms with E-state index >= 15 is 0 Å². The Bertz CT molecular complexity index is 1210. The average molecular weight is 495 g/mol. The minimum atomic E-state index is -1.17. The number of thioether (sulfide) groups is 1. The van der Waals surface area contributed by atoms with Crippen LogP contribution in [0.1, 0.15) is 57.9 Å². The Morgan fingerprint density at radius 1 is 1.23 bits per heavy atom. The molecule has 0 amide bonds. The number of benzene rings is 2. The van der Waals surface area contributed by atoms with E-state index in [1.807, 2.05) is 56.8 Å². The first kappa shape index (κ1) is 25.3. The lowest BCUT2D eigenvalue weighted by atomic mass is 9.93. The molecule has 6 nitrogen and oxygen atoms in total. The van der Waals surface area contributed by atoms with Crippen LogP contribution in [0.2, 0.25) is 0 Å². The molecule has 1 N–H and O–H groups in total. The lowest BCUT2D eigenvalue weighted by Crippen LogP contribution is -2.29. The fourth-order valence-corrected chi connectivity index (χ4v) is 5.20. The SMILES string of the molecule is CCCSc1cccc(-c2nn(C)c(C(OC(C)(C)C)C(=O)O)c2-c2ccc3c(c2)CCCO3)c1. The molecule has 4 rings (SSSR count). The molecule has 7 heteroatoms. The summed E-state index contributed by atoms with van der Waals surface area (Å²) in [5.41, 5.74) is 4.43. The lowest BCUT2D eigenvalue weighted by Gasteiger charge is -2.26. The zero-order chi connectivity index (χ0) is 25.2. The van der Waals surface area contributed by atoms with E-state index in [1.54, 1.807) is 11.7 Å². The fraction of sp³-hybridized carbons (Fsp3) is 0.429. The maximum absolute atomic E-state index is 12.5. The largest absolute Gasteiger partial charge is 0.493 e. The van der Waals surface area contributed by atoms with Crippen molar-refractivity contribution in [3.05, 3.63) is 53.7 Å². The van der Waals surface area contributed by atoms with Crippen LogP contribution in [0, 0.1) is 0 Å². The first-order valence-corrected chi connectivity index (χ1v) is 13.1. The molecule has 0 saturated heterocycles. The highest BCUT2D eigenvalue weighted by Gasteiger charge is 2.34. The van der Waals surface area contributed by atoms with Crippen molar-refractivity contribution in [1.29, 1.82) is 0 Å². The van der Waals surface area contributed by atoms with E-state index in [1.165, 1.54) is 4.90 Å². The summed E-state index contributed by atoms with van der Waals surface area (Å²) < 4.78 is 13.6. The Kier molecular flexibility index (Phi) is 7.57. The van der Waals surface area contributed by atoms with Gasteiger partial charge >= 0.3 is 5.97 Å². The Hall–Kier alpha value is -2.77. The van der Waals surface area contributed by atoms with Gasteiger partial charge in [0, 0.05) is 23.1 Å². The van der Waals surface area contributed by atoms with Gasteiger partial charge in [-0.2, -0.15) is 5.10 Å². The fourth-order valence-electron chi connectivity index (χ4n) is 4.37. The maximum atomic E-state index is 12.5. The van der Waals surface area contributed by atoms with Crippen molar-refractivity contribution in [2.75, 3.05) is 12.4 Å². The van der Waals surface area contributed by atoms with Crippen molar-refractivity contribution < 1.29 is 19.4 Å². The topological polar surface area (TPSA) is 73.6 Å². The number of hydrogen-bond donors (Lipinski definition) is 1. The third-order valence-corrected chi connectivity index (χ3v) is 7.01. The van der Waals surface area contributed by atoms with Crippen molar-refractivity contribution in [1.82, 2.24) is 9.78 Å². The van der Waals surface area contributed by atoms with E-state index in [-0.39, 0.29) is 0 Å². The van der Waals surface area contributed by atoms with Crippen molar-refractivity contribution in [2.24, 2.45) is 7.05 Å². The first-order valence-electron chi connectivity index (χ1n) is 12.1. The van der Waals surface area contributed by atoms with Crippen LogP contribution in [0.4, 0.5) is 0 Å². The lowest BCUT2D eigenvalue weighted by molar-refractivity contribution is -0.161.